The smallest absolute Gasteiger partial charge is 0.0849 e. The molecule has 0 fully saturated rings. The molecule has 0 bridgehead atoms. The second-order valence-electron chi connectivity index (χ2n) is 6.19. The van der Waals surface area contributed by atoms with E-state index < -0.39 is 0 Å². The Hall–Kier alpha value is -1.32. The molecule has 0 unspecified atom stereocenters. The number of aromatic nitrogens is 2. The summed E-state index contributed by atoms with van der Waals surface area (Å²) in [6.07, 6.45) is 3.81. The van der Waals surface area contributed by atoms with Gasteiger partial charge >= 0.3 is 0 Å². The van der Waals surface area contributed by atoms with Crippen LogP contribution in [0.5, 0.6) is 0 Å². The predicted molar refractivity (Wildman–Crippen MR) is 86.6 cm³/mol. The third-order valence-electron chi connectivity index (χ3n) is 4.73. The first-order chi connectivity index (χ1) is 10.1. The number of rotatable bonds is 4. The summed E-state index contributed by atoms with van der Waals surface area (Å²) in [4.78, 5) is 0. The van der Waals surface area contributed by atoms with Crippen LogP contribution in [0, 0.1) is 5.41 Å². The maximum Gasteiger partial charge on any atom is 0.0849 e. The van der Waals surface area contributed by atoms with Gasteiger partial charge in [0.15, 0.2) is 0 Å². The topological polar surface area (TPSA) is 43.8 Å². The Morgan fingerprint density at radius 3 is 2.38 bits per heavy atom. The second kappa shape index (κ2) is 5.47. The second-order valence-corrected chi connectivity index (χ2v) is 6.57. The molecule has 1 aliphatic rings. The third-order valence-corrected chi connectivity index (χ3v) is 5.16. The molecule has 1 aliphatic carbocycles. The molecule has 2 N–H and O–H groups in total. The lowest BCUT2D eigenvalue weighted by Gasteiger charge is -2.27. The van der Waals surface area contributed by atoms with Crippen molar-refractivity contribution in [2.75, 3.05) is 6.54 Å². The quantitative estimate of drug-likeness (QED) is 0.944. The van der Waals surface area contributed by atoms with E-state index in [9.17, 15) is 0 Å². The molecule has 21 heavy (non-hydrogen) atoms. The van der Waals surface area contributed by atoms with Gasteiger partial charge in [-0.05, 0) is 48.8 Å². The van der Waals surface area contributed by atoms with Crippen molar-refractivity contribution in [3.05, 3.63) is 51.8 Å². The molecule has 112 valence electrons. The highest BCUT2D eigenvalue weighted by Crippen LogP contribution is 2.40. The van der Waals surface area contributed by atoms with Gasteiger partial charge in [-0.2, -0.15) is 5.10 Å². The molecule has 0 aliphatic heterocycles. The van der Waals surface area contributed by atoms with Crippen LogP contribution < -0.4 is 5.73 Å². The highest BCUT2D eigenvalue weighted by Gasteiger charge is 2.37. The van der Waals surface area contributed by atoms with Crippen LogP contribution in [0.2, 0.25) is 5.02 Å². The van der Waals surface area contributed by atoms with Crippen LogP contribution in [-0.2, 0) is 32.7 Å². The van der Waals surface area contributed by atoms with Gasteiger partial charge in [0.25, 0.3) is 0 Å². The maximum absolute atomic E-state index is 6.51. The van der Waals surface area contributed by atoms with E-state index in [1.807, 2.05) is 11.7 Å². The van der Waals surface area contributed by atoms with E-state index in [1.165, 1.54) is 11.1 Å². The first-order valence-electron chi connectivity index (χ1n) is 7.55. The van der Waals surface area contributed by atoms with Gasteiger partial charge in [-0.15, -0.1) is 0 Å². The molecule has 0 amide bonds. The number of fused-ring (bicyclic) bond motifs is 1. The zero-order chi connectivity index (χ0) is 15.0. The molecule has 1 aromatic carbocycles. The number of halogens is 1. The number of benzene rings is 1. The summed E-state index contributed by atoms with van der Waals surface area (Å²) in [6, 6.07) is 8.65. The first kappa shape index (κ1) is 14.6. The average Bonchev–Trinajstić information content (AvgIpc) is 2.99. The number of nitrogens with two attached hydrogens (primary N) is 1. The minimum atomic E-state index is 0.0755. The Balaban J connectivity index is 1.92. The Kier molecular flexibility index (Phi) is 3.80. The Bertz CT molecular complexity index is 635. The minimum Gasteiger partial charge on any atom is -0.330 e. The Labute approximate surface area is 131 Å². The van der Waals surface area contributed by atoms with E-state index >= 15 is 0 Å². The summed E-state index contributed by atoms with van der Waals surface area (Å²) < 4.78 is 1.93. The van der Waals surface area contributed by atoms with E-state index in [4.69, 9.17) is 17.3 Å². The predicted octanol–water partition coefficient (Wildman–Crippen LogP) is 2.92. The van der Waals surface area contributed by atoms with Crippen LogP contribution in [0.1, 0.15) is 29.4 Å². The van der Waals surface area contributed by atoms with Crippen molar-refractivity contribution in [2.24, 2.45) is 18.2 Å². The third kappa shape index (κ3) is 2.49. The molecule has 4 heteroatoms. The van der Waals surface area contributed by atoms with Crippen molar-refractivity contribution < 1.29 is 0 Å². The summed E-state index contributed by atoms with van der Waals surface area (Å²) >= 11 is 6.51. The Morgan fingerprint density at radius 1 is 1.29 bits per heavy atom. The highest BCUT2D eigenvalue weighted by atomic mass is 35.5. The molecule has 1 aromatic heterocycles. The van der Waals surface area contributed by atoms with Crippen LogP contribution in [0.3, 0.4) is 0 Å². The standard InChI is InChI=1S/C17H22ClN3/c1-3-14-16(18)15(21(2)20-14)10-17(11-19)8-12-6-4-5-7-13(12)9-17/h4-7H,3,8-11,19H2,1-2H3. The number of nitrogens with zero attached hydrogens (tertiary/aromatic N) is 2. The lowest BCUT2D eigenvalue weighted by atomic mass is 9.80. The molecule has 1 heterocycles. The molecule has 0 atom stereocenters. The van der Waals surface area contributed by atoms with Gasteiger partial charge in [0.2, 0.25) is 0 Å². The molecular formula is C17H22ClN3. The average molecular weight is 304 g/mol. The molecule has 0 spiro atoms. The zero-order valence-electron chi connectivity index (χ0n) is 12.7. The molecule has 3 nitrogen and oxygen atoms in total. The lowest BCUT2D eigenvalue weighted by Crippen LogP contribution is -2.34. The summed E-state index contributed by atoms with van der Waals surface area (Å²) in [5, 5.41) is 5.35. The van der Waals surface area contributed by atoms with Gasteiger partial charge in [0.05, 0.1) is 16.4 Å². The minimum absolute atomic E-state index is 0.0755. The van der Waals surface area contributed by atoms with E-state index in [0.717, 1.165) is 42.1 Å². The van der Waals surface area contributed by atoms with Gasteiger partial charge in [-0.3, -0.25) is 4.68 Å². The number of hydrogen-bond acceptors (Lipinski definition) is 2. The van der Waals surface area contributed by atoms with Crippen LogP contribution in [-0.4, -0.2) is 16.3 Å². The fraction of sp³-hybridized carbons (Fsp3) is 0.471. The van der Waals surface area contributed by atoms with Crippen LogP contribution >= 0.6 is 11.6 Å². The highest BCUT2D eigenvalue weighted by molar-refractivity contribution is 6.31. The van der Waals surface area contributed by atoms with Crippen molar-refractivity contribution in [2.45, 2.75) is 32.6 Å². The van der Waals surface area contributed by atoms with Crippen molar-refractivity contribution >= 4 is 11.6 Å². The van der Waals surface area contributed by atoms with Crippen molar-refractivity contribution in [1.29, 1.82) is 0 Å². The Morgan fingerprint density at radius 2 is 1.90 bits per heavy atom. The van der Waals surface area contributed by atoms with Crippen LogP contribution in [0.15, 0.2) is 24.3 Å². The SMILES string of the molecule is CCc1nn(C)c(CC2(CN)Cc3ccccc3C2)c1Cl. The van der Waals surface area contributed by atoms with Crippen molar-refractivity contribution in [1.82, 2.24) is 9.78 Å². The van der Waals surface area contributed by atoms with E-state index in [2.05, 4.69) is 36.3 Å². The van der Waals surface area contributed by atoms with Gasteiger partial charge in [-0.25, -0.2) is 0 Å². The number of hydrogen-bond donors (Lipinski definition) is 1. The van der Waals surface area contributed by atoms with Gasteiger partial charge < -0.3 is 5.73 Å². The van der Waals surface area contributed by atoms with Crippen molar-refractivity contribution in [3.63, 3.8) is 0 Å². The molecule has 0 radical (unpaired) electrons. The number of aryl methyl sites for hydroxylation is 2. The first-order valence-corrected chi connectivity index (χ1v) is 7.93. The fourth-order valence-corrected chi connectivity index (χ4v) is 3.84. The van der Waals surface area contributed by atoms with Gasteiger partial charge in [0.1, 0.15) is 0 Å². The van der Waals surface area contributed by atoms with Crippen LogP contribution in [0.4, 0.5) is 0 Å². The summed E-state index contributed by atoms with van der Waals surface area (Å²) in [5.41, 5.74) is 11.2. The summed E-state index contributed by atoms with van der Waals surface area (Å²) in [7, 11) is 1.98. The fourth-order valence-electron chi connectivity index (χ4n) is 3.48. The molecule has 0 saturated heterocycles. The van der Waals surface area contributed by atoms with Gasteiger partial charge in [-0.1, -0.05) is 42.8 Å². The molecular weight excluding hydrogens is 282 g/mol. The van der Waals surface area contributed by atoms with E-state index in [-0.39, 0.29) is 5.41 Å². The monoisotopic (exact) mass is 303 g/mol. The van der Waals surface area contributed by atoms with E-state index in [0.29, 0.717) is 6.54 Å². The molecule has 2 aromatic rings. The normalized spacial score (nSPS) is 16.2. The largest absolute Gasteiger partial charge is 0.330 e. The van der Waals surface area contributed by atoms with Crippen molar-refractivity contribution in [3.8, 4) is 0 Å². The maximum atomic E-state index is 6.51. The van der Waals surface area contributed by atoms with Crippen LogP contribution in [0.25, 0.3) is 0 Å². The lowest BCUT2D eigenvalue weighted by molar-refractivity contribution is 0.307. The van der Waals surface area contributed by atoms with Gasteiger partial charge in [0, 0.05) is 7.05 Å². The molecule has 3 rings (SSSR count). The molecule has 0 saturated carbocycles. The van der Waals surface area contributed by atoms with E-state index in [1.54, 1.807) is 0 Å². The summed E-state index contributed by atoms with van der Waals surface area (Å²) in [5.74, 6) is 0. The zero-order valence-corrected chi connectivity index (χ0v) is 13.5. The summed E-state index contributed by atoms with van der Waals surface area (Å²) in [6.45, 7) is 2.76.